The van der Waals surface area contributed by atoms with Crippen molar-refractivity contribution in [3.05, 3.63) is 88.1 Å². The molecule has 0 bridgehead atoms. The highest BCUT2D eigenvalue weighted by Crippen LogP contribution is 2.42. The zero-order valence-corrected chi connectivity index (χ0v) is 17.4. The summed E-state index contributed by atoms with van der Waals surface area (Å²) in [6, 6.07) is 16.8. The molecule has 1 aromatic heterocycles. The molecular formula is C24H20N6O2. The third kappa shape index (κ3) is 3.44. The van der Waals surface area contributed by atoms with Gasteiger partial charge in [0, 0.05) is 5.70 Å². The Bertz CT molecular complexity index is 1300. The molecule has 0 radical (unpaired) electrons. The third-order valence-corrected chi connectivity index (χ3v) is 5.79. The number of aryl methyl sites for hydroxylation is 1. The second-order valence-electron chi connectivity index (χ2n) is 7.75. The van der Waals surface area contributed by atoms with Crippen LogP contribution in [0.15, 0.2) is 65.9 Å². The lowest BCUT2D eigenvalue weighted by Gasteiger charge is -2.31. The average molecular weight is 424 g/mol. The Morgan fingerprint density at radius 3 is 2.88 bits per heavy atom. The first kappa shape index (κ1) is 19.7. The van der Waals surface area contributed by atoms with Gasteiger partial charge in [0.15, 0.2) is 0 Å². The van der Waals surface area contributed by atoms with Crippen molar-refractivity contribution in [3.63, 3.8) is 0 Å². The zero-order valence-electron chi connectivity index (χ0n) is 17.4. The predicted octanol–water partition coefficient (Wildman–Crippen LogP) is 3.56. The Morgan fingerprint density at radius 1 is 1.25 bits per heavy atom. The average Bonchev–Trinajstić information content (AvgIpc) is 3.29. The summed E-state index contributed by atoms with van der Waals surface area (Å²) in [5.41, 5.74) is 5.82. The predicted molar refractivity (Wildman–Crippen MR) is 117 cm³/mol. The minimum Gasteiger partial charge on any atom is -0.457 e. The first-order valence-corrected chi connectivity index (χ1v) is 10.4. The van der Waals surface area contributed by atoms with Crippen LogP contribution in [-0.4, -0.2) is 26.2 Å². The molecule has 1 unspecified atom stereocenters. The minimum absolute atomic E-state index is 0.103. The lowest BCUT2D eigenvalue weighted by atomic mass is 9.83. The van der Waals surface area contributed by atoms with Crippen LogP contribution in [-0.2, 0) is 22.6 Å². The van der Waals surface area contributed by atoms with Gasteiger partial charge in [-0.1, -0.05) is 47.6 Å². The maximum Gasteiger partial charge on any atom is 0.338 e. The van der Waals surface area contributed by atoms with Crippen molar-refractivity contribution in [2.45, 2.75) is 32.4 Å². The van der Waals surface area contributed by atoms with Gasteiger partial charge in [-0.3, -0.25) is 0 Å². The van der Waals surface area contributed by atoms with Crippen molar-refractivity contribution < 1.29 is 9.53 Å². The van der Waals surface area contributed by atoms with E-state index in [1.807, 2.05) is 19.1 Å². The molecule has 0 saturated heterocycles. The smallest absolute Gasteiger partial charge is 0.338 e. The summed E-state index contributed by atoms with van der Waals surface area (Å²) in [4.78, 5) is 13.3. The second-order valence-corrected chi connectivity index (χ2v) is 7.75. The number of aromatic nitrogens is 4. The molecule has 1 atom stereocenters. The number of nitrogens with zero attached hydrogens (tertiary/aromatic N) is 5. The number of ether oxygens (including phenoxy) is 1. The number of tetrazole rings is 1. The number of carbonyl (C=O) groups excluding carboxylic acids is 1. The van der Waals surface area contributed by atoms with E-state index in [-0.39, 0.29) is 6.61 Å². The number of anilines is 1. The van der Waals surface area contributed by atoms with Gasteiger partial charge < -0.3 is 10.1 Å². The van der Waals surface area contributed by atoms with Crippen LogP contribution in [0.2, 0.25) is 0 Å². The van der Waals surface area contributed by atoms with Crippen LogP contribution < -0.4 is 5.32 Å². The summed E-state index contributed by atoms with van der Waals surface area (Å²) in [6.07, 6.45) is 3.99. The van der Waals surface area contributed by atoms with Gasteiger partial charge in [-0.2, -0.15) is 9.94 Å². The number of esters is 1. The van der Waals surface area contributed by atoms with Crippen molar-refractivity contribution in [3.8, 4) is 6.07 Å². The number of carbonyl (C=O) groups is 1. The molecule has 8 heteroatoms. The molecule has 0 amide bonds. The topological polar surface area (TPSA) is 106 Å². The number of benzene rings is 2. The number of fused-ring (bicyclic) bond motifs is 2. The van der Waals surface area contributed by atoms with Crippen molar-refractivity contribution in [1.82, 2.24) is 20.2 Å². The molecule has 1 N–H and O–H groups in total. The lowest BCUT2D eigenvalue weighted by molar-refractivity contribution is -0.140. The normalized spacial score (nSPS) is 16.9. The van der Waals surface area contributed by atoms with E-state index in [1.54, 1.807) is 28.9 Å². The van der Waals surface area contributed by atoms with E-state index in [0.717, 1.165) is 29.5 Å². The molecule has 8 nitrogen and oxygen atoms in total. The molecule has 2 aromatic carbocycles. The molecular weight excluding hydrogens is 404 g/mol. The Kier molecular flexibility index (Phi) is 5.00. The molecule has 1 aliphatic carbocycles. The van der Waals surface area contributed by atoms with E-state index in [1.165, 1.54) is 5.56 Å². The van der Waals surface area contributed by atoms with Crippen LogP contribution in [0.25, 0.3) is 5.57 Å². The van der Waals surface area contributed by atoms with Crippen molar-refractivity contribution in [2.24, 2.45) is 0 Å². The summed E-state index contributed by atoms with van der Waals surface area (Å²) in [5, 5.41) is 24.1. The van der Waals surface area contributed by atoms with Crippen molar-refractivity contribution >= 4 is 17.5 Å². The maximum absolute atomic E-state index is 13.3. The zero-order chi connectivity index (χ0) is 22.1. The highest BCUT2D eigenvalue weighted by atomic mass is 16.5. The molecule has 0 spiro atoms. The van der Waals surface area contributed by atoms with Crippen LogP contribution in [0, 0.1) is 11.3 Å². The molecule has 158 valence electrons. The van der Waals surface area contributed by atoms with E-state index in [0.29, 0.717) is 22.8 Å². The second kappa shape index (κ2) is 8.12. The summed E-state index contributed by atoms with van der Waals surface area (Å²) >= 11 is 0. The van der Waals surface area contributed by atoms with Crippen LogP contribution >= 0.6 is 0 Å². The molecule has 2 heterocycles. The van der Waals surface area contributed by atoms with Crippen LogP contribution in [0.3, 0.4) is 0 Å². The van der Waals surface area contributed by atoms with Crippen LogP contribution in [0.1, 0.15) is 41.6 Å². The largest absolute Gasteiger partial charge is 0.457 e. The molecule has 32 heavy (non-hydrogen) atoms. The first-order chi connectivity index (χ1) is 15.7. The summed E-state index contributed by atoms with van der Waals surface area (Å²) < 4.78 is 7.32. The standard InChI is InChI=1S/C24H20N6O2/c1-15-21(23(31)32-14-17-11-9-16(13-25)10-12-17)22(30-24(26-15)27-28-29-30)20-8-4-6-18-5-2-3-7-19(18)20/h2-3,5,7-12,22H,4,6,14H2,1H3,(H,26,27,29). The Morgan fingerprint density at radius 2 is 2.06 bits per heavy atom. The molecule has 3 aromatic rings. The number of hydrogen-bond acceptors (Lipinski definition) is 7. The van der Waals surface area contributed by atoms with E-state index in [2.05, 4.69) is 45.1 Å². The van der Waals surface area contributed by atoms with E-state index in [4.69, 9.17) is 10.00 Å². The number of hydrogen-bond donors (Lipinski definition) is 1. The SMILES string of the molecule is CC1=C(C(=O)OCc2ccc(C#N)cc2)C(C2=CCCc3ccccc32)n2nnnc2N1. The third-order valence-electron chi connectivity index (χ3n) is 5.79. The number of rotatable bonds is 4. The Hall–Kier alpha value is -4.25. The van der Waals surface area contributed by atoms with Gasteiger partial charge >= 0.3 is 5.97 Å². The fourth-order valence-corrected chi connectivity index (χ4v) is 4.24. The molecule has 5 rings (SSSR count). The monoisotopic (exact) mass is 424 g/mol. The number of nitrogens with one attached hydrogen (secondary N) is 1. The number of allylic oxidation sites excluding steroid dienone is 3. The van der Waals surface area contributed by atoms with Crippen molar-refractivity contribution in [1.29, 1.82) is 5.26 Å². The number of nitriles is 1. The van der Waals surface area contributed by atoms with Gasteiger partial charge in [0.25, 0.3) is 0 Å². The summed E-state index contributed by atoms with van der Waals surface area (Å²) in [5.74, 6) is 0.0505. The van der Waals surface area contributed by atoms with Crippen molar-refractivity contribution in [2.75, 3.05) is 5.32 Å². The maximum atomic E-state index is 13.3. The van der Waals surface area contributed by atoms with Gasteiger partial charge in [0.05, 0.1) is 17.2 Å². The van der Waals surface area contributed by atoms with Gasteiger partial charge in [0.1, 0.15) is 12.6 Å². The van der Waals surface area contributed by atoms with Gasteiger partial charge in [-0.25, -0.2) is 4.79 Å². The van der Waals surface area contributed by atoms with E-state index < -0.39 is 12.0 Å². The molecule has 0 fully saturated rings. The Balaban J connectivity index is 1.49. The highest BCUT2D eigenvalue weighted by molar-refractivity contribution is 5.96. The van der Waals surface area contributed by atoms with E-state index in [9.17, 15) is 4.79 Å². The first-order valence-electron chi connectivity index (χ1n) is 10.4. The molecule has 1 aliphatic heterocycles. The van der Waals surface area contributed by atoms with Gasteiger partial charge in [-0.05, 0) is 64.6 Å². The lowest BCUT2D eigenvalue weighted by Crippen LogP contribution is -2.30. The van der Waals surface area contributed by atoms with Crippen LogP contribution in [0.5, 0.6) is 0 Å². The quantitative estimate of drug-likeness (QED) is 0.638. The van der Waals surface area contributed by atoms with E-state index >= 15 is 0 Å². The highest BCUT2D eigenvalue weighted by Gasteiger charge is 2.37. The van der Waals surface area contributed by atoms with Gasteiger partial charge in [-0.15, -0.1) is 0 Å². The fraction of sp³-hybridized carbons (Fsp3) is 0.208. The molecule has 0 saturated carbocycles. The fourth-order valence-electron chi connectivity index (χ4n) is 4.24. The summed E-state index contributed by atoms with van der Waals surface area (Å²) in [6.45, 7) is 1.94. The Labute approximate surface area is 184 Å². The molecule has 2 aliphatic rings. The van der Waals surface area contributed by atoms with Crippen LogP contribution in [0.4, 0.5) is 5.95 Å². The van der Waals surface area contributed by atoms with Gasteiger partial charge in [0.2, 0.25) is 5.95 Å². The minimum atomic E-state index is -0.490. The summed E-state index contributed by atoms with van der Waals surface area (Å²) in [7, 11) is 0.